The molecule has 0 aliphatic rings. The van der Waals surface area contributed by atoms with Crippen LogP contribution in [0.15, 0.2) is 24.5 Å². The Morgan fingerprint density at radius 3 is 2.73 bits per heavy atom. The second-order valence-corrected chi connectivity index (χ2v) is 1.82. The van der Waals surface area contributed by atoms with Crippen molar-refractivity contribution < 1.29 is 9.90 Å². The van der Waals surface area contributed by atoms with E-state index in [1.54, 1.807) is 0 Å². The lowest BCUT2D eigenvalue weighted by molar-refractivity contribution is -0.131. The summed E-state index contributed by atoms with van der Waals surface area (Å²) in [5.74, 6) is -0.961. The quantitative estimate of drug-likeness (QED) is 0.616. The highest BCUT2D eigenvalue weighted by molar-refractivity contribution is 5.79. The zero-order chi connectivity index (χ0) is 8.10. The highest BCUT2D eigenvalue weighted by Gasteiger charge is 1.87. The Morgan fingerprint density at radius 1 is 1.55 bits per heavy atom. The predicted octanol–water partition coefficient (Wildman–Crippen LogP) is -0.0811. The molecule has 0 aromatic carbocycles. The van der Waals surface area contributed by atoms with Gasteiger partial charge in [-0.3, -0.25) is 0 Å². The molecule has 0 unspecified atom stereocenters. The van der Waals surface area contributed by atoms with Crippen LogP contribution in [0.5, 0.6) is 0 Å². The largest absolute Gasteiger partial charge is 0.478 e. The number of carbonyl (C=O) groups is 1. The van der Waals surface area contributed by atoms with E-state index in [-0.39, 0.29) is 0 Å². The number of allylic oxidation sites excluding steroid dienone is 1. The van der Waals surface area contributed by atoms with Crippen LogP contribution in [-0.4, -0.2) is 26.1 Å². The molecule has 0 bridgehead atoms. The first kappa shape index (κ1) is 7.46. The molecule has 5 heteroatoms. The second-order valence-electron chi connectivity index (χ2n) is 1.82. The molecule has 0 amide bonds. The number of carboxylic acids is 1. The summed E-state index contributed by atoms with van der Waals surface area (Å²) in [4.78, 5) is 11.4. The van der Waals surface area contributed by atoms with Gasteiger partial charge in [-0.2, -0.15) is 15.0 Å². The molecule has 58 valence electrons. The normalized spacial score (nSPS) is 10.5. The first-order valence-electron chi connectivity index (χ1n) is 3.02. The number of aromatic nitrogens is 3. The predicted molar refractivity (Wildman–Crippen MR) is 36.8 cm³/mol. The van der Waals surface area contributed by atoms with Gasteiger partial charge in [-0.25, -0.2) is 4.79 Å². The van der Waals surface area contributed by atoms with Gasteiger partial charge in [-0.1, -0.05) is 6.08 Å². The van der Waals surface area contributed by atoms with Gasteiger partial charge in [-0.05, 0) is 0 Å². The van der Waals surface area contributed by atoms with Crippen LogP contribution in [0.3, 0.4) is 0 Å². The molecule has 11 heavy (non-hydrogen) atoms. The Labute approximate surface area is 63.0 Å². The van der Waals surface area contributed by atoms with Crippen LogP contribution in [0.1, 0.15) is 0 Å². The summed E-state index contributed by atoms with van der Waals surface area (Å²) in [5.41, 5.74) is 0. The number of nitrogens with zero attached hydrogens (tertiary/aromatic N) is 3. The Bertz CT molecular complexity index is 253. The minimum absolute atomic E-state index is 0.388. The molecular formula is C6H7N3O2. The highest BCUT2D eigenvalue weighted by Crippen LogP contribution is 1.80. The van der Waals surface area contributed by atoms with Crippen LogP contribution in [-0.2, 0) is 11.3 Å². The van der Waals surface area contributed by atoms with Gasteiger partial charge in [0.15, 0.2) is 0 Å². The minimum atomic E-state index is -0.961. The van der Waals surface area contributed by atoms with Gasteiger partial charge in [0, 0.05) is 6.08 Å². The molecule has 5 nitrogen and oxygen atoms in total. The van der Waals surface area contributed by atoms with Crippen molar-refractivity contribution in [1.82, 2.24) is 15.0 Å². The Kier molecular flexibility index (Phi) is 2.37. The molecule has 1 N–H and O–H groups in total. The van der Waals surface area contributed by atoms with Gasteiger partial charge in [-0.15, -0.1) is 0 Å². The van der Waals surface area contributed by atoms with Crippen molar-refractivity contribution >= 4 is 5.97 Å². The zero-order valence-corrected chi connectivity index (χ0v) is 5.71. The maximum Gasteiger partial charge on any atom is 0.328 e. The molecule has 0 saturated heterocycles. The van der Waals surface area contributed by atoms with Crippen LogP contribution >= 0.6 is 0 Å². The average molecular weight is 153 g/mol. The van der Waals surface area contributed by atoms with Gasteiger partial charge >= 0.3 is 5.97 Å². The fourth-order valence-corrected chi connectivity index (χ4v) is 0.585. The summed E-state index contributed by atoms with van der Waals surface area (Å²) in [6, 6.07) is 0. The van der Waals surface area contributed by atoms with Crippen LogP contribution < -0.4 is 0 Å². The molecular weight excluding hydrogens is 146 g/mol. The number of hydrogen-bond acceptors (Lipinski definition) is 3. The molecule has 1 rings (SSSR count). The van der Waals surface area contributed by atoms with E-state index in [0.29, 0.717) is 6.54 Å². The molecule has 0 aliphatic carbocycles. The van der Waals surface area contributed by atoms with Gasteiger partial charge in [0.1, 0.15) is 0 Å². The SMILES string of the molecule is O=C(O)C=CCn1nccn1. The number of carboxylic acid groups (broad SMARTS) is 1. The van der Waals surface area contributed by atoms with Crippen LogP contribution in [0.25, 0.3) is 0 Å². The maximum atomic E-state index is 9.99. The van der Waals surface area contributed by atoms with Crippen molar-refractivity contribution in [2.75, 3.05) is 0 Å². The lowest BCUT2D eigenvalue weighted by Crippen LogP contribution is -1.99. The molecule has 0 atom stereocenters. The Morgan fingerprint density at radius 2 is 2.18 bits per heavy atom. The van der Waals surface area contributed by atoms with E-state index in [2.05, 4.69) is 10.2 Å². The molecule has 0 aliphatic heterocycles. The third-order valence-electron chi connectivity index (χ3n) is 0.996. The van der Waals surface area contributed by atoms with Crippen molar-refractivity contribution in [1.29, 1.82) is 0 Å². The van der Waals surface area contributed by atoms with E-state index < -0.39 is 5.97 Å². The van der Waals surface area contributed by atoms with Crippen molar-refractivity contribution in [2.24, 2.45) is 0 Å². The van der Waals surface area contributed by atoms with Crippen LogP contribution in [0.2, 0.25) is 0 Å². The fraction of sp³-hybridized carbons (Fsp3) is 0.167. The highest BCUT2D eigenvalue weighted by atomic mass is 16.4. The third kappa shape index (κ3) is 2.61. The Hall–Kier alpha value is -1.65. The molecule has 1 aromatic heterocycles. The minimum Gasteiger partial charge on any atom is -0.478 e. The van der Waals surface area contributed by atoms with E-state index in [9.17, 15) is 4.79 Å². The Balaban J connectivity index is 2.40. The first-order valence-corrected chi connectivity index (χ1v) is 3.02. The van der Waals surface area contributed by atoms with E-state index in [1.165, 1.54) is 23.3 Å². The van der Waals surface area contributed by atoms with E-state index >= 15 is 0 Å². The van der Waals surface area contributed by atoms with Crippen molar-refractivity contribution in [3.8, 4) is 0 Å². The van der Waals surface area contributed by atoms with Crippen molar-refractivity contribution in [3.63, 3.8) is 0 Å². The number of hydrogen-bond donors (Lipinski definition) is 1. The molecule has 0 spiro atoms. The average Bonchev–Trinajstić information content (AvgIpc) is 2.39. The van der Waals surface area contributed by atoms with Crippen molar-refractivity contribution in [2.45, 2.75) is 6.54 Å². The van der Waals surface area contributed by atoms with Gasteiger partial charge in [0.05, 0.1) is 18.9 Å². The van der Waals surface area contributed by atoms with Gasteiger partial charge in [0.25, 0.3) is 0 Å². The summed E-state index contributed by atoms with van der Waals surface area (Å²) >= 11 is 0. The summed E-state index contributed by atoms with van der Waals surface area (Å²) in [6.07, 6.45) is 5.61. The van der Waals surface area contributed by atoms with E-state index in [1.807, 2.05) is 0 Å². The first-order chi connectivity index (χ1) is 5.29. The summed E-state index contributed by atoms with van der Waals surface area (Å²) in [5, 5.41) is 15.8. The molecule has 0 radical (unpaired) electrons. The standard InChI is InChI=1S/C6H7N3O2/c10-6(11)2-1-5-9-7-3-4-8-9/h1-4H,5H2,(H,10,11). The number of rotatable bonds is 3. The van der Waals surface area contributed by atoms with Crippen LogP contribution in [0.4, 0.5) is 0 Å². The zero-order valence-electron chi connectivity index (χ0n) is 5.71. The lowest BCUT2D eigenvalue weighted by Gasteiger charge is -1.89. The second kappa shape index (κ2) is 3.50. The van der Waals surface area contributed by atoms with Gasteiger partial charge < -0.3 is 5.11 Å². The lowest BCUT2D eigenvalue weighted by atomic mass is 10.5. The molecule has 0 saturated carbocycles. The summed E-state index contributed by atoms with van der Waals surface area (Å²) < 4.78 is 0. The topological polar surface area (TPSA) is 68.0 Å². The van der Waals surface area contributed by atoms with Crippen molar-refractivity contribution in [3.05, 3.63) is 24.5 Å². The summed E-state index contributed by atoms with van der Waals surface area (Å²) in [7, 11) is 0. The van der Waals surface area contributed by atoms with Crippen LogP contribution in [0, 0.1) is 0 Å². The third-order valence-corrected chi connectivity index (χ3v) is 0.996. The fourth-order valence-electron chi connectivity index (χ4n) is 0.585. The molecule has 0 fully saturated rings. The monoisotopic (exact) mass is 153 g/mol. The molecule has 1 heterocycles. The van der Waals surface area contributed by atoms with Gasteiger partial charge in [0.2, 0.25) is 0 Å². The smallest absolute Gasteiger partial charge is 0.328 e. The summed E-state index contributed by atoms with van der Waals surface area (Å²) in [6.45, 7) is 0.388. The van der Waals surface area contributed by atoms with E-state index in [4.69, 9.17) is 5.11 Å². The maximum absolute atomic E-state index is 9.99. The van der Waals surface area contributed by atoms with E-state index in [0.717, 1.165) is 6.08 Å². The molecule has 1 aromatic rings. The number of aliphatic carboxylic acids is 1.